The molecule has 1 aliphatic heterocycles. The second kappa shape index (κ2) is 8.49. The van der Waals surface area contributed by atoms with Crippen LogP contribution in [0.1, 0.15) is 18.4 Å². The Morgan fingerprint density at radius 2 is 1.53 bits per heavy atom. The number of hydrogen-bond acceptors (Lipinski definition) is 6. The van der Waals surface area contributed by atoms with Crippen molar-refractivity contribution in [1.29, 1.82) is 0 Å². The molecule has 1 amide bonds. The molecule has 2 aromatic carbocycles. The minimum atomic E-state index is -0.529. The Labute approximate surface area is 188 Å². The van der Waals surface area contributed by atoms with Crippen molar-refractivity contribution in [2.24, 2.45) is 0 Å². The highest BCUT2D eigenvalue weighted by Gasteiger charge is 2.52. The summed E-state index contributed by atoms with van der Waals surface area (Å²) in [6.45, 7) is 3.57. The number of hydrogen-bond donors (Lipinski definition) is 1. The molecule has 0 radical (unpaired) electrons. The molecule has 1 saturated carbocycles. The molecular formula is C25H27N5O2. The minimum Gasteiger partial charge on any atom is -0.496 e. The second-order valence-corrected chi connectivity index (χ2v) is 8.32. The molecule has 2 aliphatic rings. The second-order valence-electron chi connectivity index (χ2n) is 8.32. The number of piperazine rings is 1. The number of amides is 1. The highest BCUT2D eigenvalue weighted by Crippen LogP contribution is 2.51. The molecule has 1 aromatic heterocycles. The summed E-state index contributed by atoms with van der Waals surface area (Å²) in [6.07, 6.45) is 5.01. The topological polar surface area (TPSA) is 70.6 Å². The summed E-state index contributed by atoms with van der Waals surface area (Å²) in [6, 6.07) is 18.2. The lowest BCUT2D eigenvalue weighted by molar-refractivity contribution is -0.118. The molecule has 2 fully saturated rings. The maximum Gasteiger partial charge on any atom is 0.235 e. The number of rotatable bonds is 6. The van der Waals surface area contributed by atoms with Crippen LogP contribution in [0.25, 0.3) is 0 Å². The molecule has 32 heavy (non-hydrogen) atoms. The van der Waals surface area contributed by atoms with Gasteiger partial charge in [-0.2, -0.15) is 0 Å². The third kappa shape index (κ3) is 3.86. The van der Waals surface area contributed by atoms with Gasteiger partial charge in [0.2, 0.25) is 11.9 Å². The fourth-order valence-corrected chi connectivity index (χ4v) is 4.39. The van der Waals surface area contributed by atoms with Gasteiger partial charge in [-0.25, -0.2) is 9.97 Å². The monoisotopic (exact) mass is 429 g/mol. The lowest BCUT2D eigenvalue weighted by Gasteiger charge is -2.36. The number of para-hydroxylation sites is 2. The molecule has 2 heterocycles. The van der Waals surface area contributed by atoms with Crippen molar-refractivity contribution >= 4 is 23.2 Å². The normalized spacial score (nSPS) is 17.0. The summed E-state index contributed by atoms with van der Waals surface area (Å²) in [5, 5.41) is 3.01. The van der Waals surface area contributed by atoms with Crippen LogP contribution < -0.4 is 19.9 Å². The highest BCUT2D eigenvalue weighted by atomic mass is 16.5. The molecule has 0 atom stereocenters. The molecule has 1 aliphatic carbocycles. The first-order chi connectivity index (χ1) is 15.7. The van der Waals surface area contributed by atoms with Crippen molar-refractivity contribution in [2.75, 3.05) is 48.4 Å². The van der Waals surface area contributed by atoms with Crippen LogP contribution in [0.15, 0.2) is 67.0 Å². The van der Waals surface area contributed by atoms with E-state index in [0.717, 1.165) is 50.3 Å². The van der Waals surface area contributed by atoms with E-state index in [1.165, 1.54) is 5.69 Å². The van der Waals surface area contributed by atoms with Crippen LogP contribution in [-0.4, -0.2) is 49.2 Å². The van der Waals surface area contributed by atoms with E-state index in [1.54, 1.807) is 19.5 Å². The largest absolute Gasteiger partial charge is 0.496 e. The van der Waals surface area contributed by atoms with E-state index in [2.05, 4.69) is 49.4 Å². The van der Waals surface area contributed by atoms with Crippen LogP contribution in [0.5, 0.6) is 5.75 Å². The van der Waals surface area contributed by atoms with E-state index in [1.807, 2.05) is 30.3 Å². The van der Waals surface area contributed by atoms with Gasteiger partial charge in [0.1, 0.15) is 5.75 Å². The SMILES string of the molecule is COc1ccccc1C1(C(=O)Nc2cnc(N3CCN(c4ccccc4)CC3)nc2)CC1. The smallest absolute Gasteiger partial charge is 0.235 e. The zero-order valence-electron chi connectivity index (χ0n) is 18.2. The predicted molar refractivity (Wildman–Crippen MR) is 125 cm³/mol. The summed E-state index contributed by atoms with van der Waals surface area (Å²) in [5.41, 5.74) is 2.27. The van der Waals surface area contributed by atoms with Gasteiger partial charge in [0.15, 0.2) is 0 Å². The van der Waals surface area contributed by atoms with Crippen molar-refractivity contribution in [3.8, 4) is 5.75 Å². The number of ether oxygens (including phenoxy) is 1. The van der Waals surface area contributed by atoms with Crippen molar-refractivity contribution in [2.45, 2.75) is 18.3 Å². The van der Waals surface area contributed by atoms with Gasteiger partial charge in [-0.15, -0.1) is 0 Å². The highest BCUT2D eigenvalue weighted by molar-refractivity contribution is 6.01. The van der Waals surface area contributed by atoms with E-state index in [9.17, 15) is 4.79 Å². The maximum atomic E-state index is 13.1. The first-order valence-corrected chi connectivity index (χ1v) is 11.0. The van der Waals surface area contributed by atoms with Crippen LogP contribution in [0, 0.1) is 0 Å². The fraction of sp³-hybridized carbons (Fsp3) is 0.320. The van der Waals surface area contributed by atoms with Crippen LogP contribution >= 0.6 is 0 Å². The molecule has 7 heteroatoms. The molecule has 0 bridgehead atoms. The Hall–Kier alpha value is -3.61. The van der Waals surface area contributed by atoms with Gasteiger partial charge in [-0.05, 0) is 31.0 Å². The molecule has 0 unspecified atom stereocenters. The molecule has 1 saturated heterocycles. The number of nitrogens with one attached hydrogen (secondary N) is 1. The van der Waals surface area contributed by atoms with Crippen molar-refractivity contribution in [3.63, 3.8) is 0 Å². The van der Waals surface area contributed by atoms with E-state index in [0.29, 0.717) is 11.6 Å². The summed E-state index contributed by atoms with van der Waals surface area (Å²) < 4.78 is 5.48. The zero-order valence-corrected chi connectivity index (χ0v) is 18.2. The van der Waals surface area contributed by atoms with Gasteiger partial charge in [0, 0.05) is 37.4 Å². The van der Waals surface area contributed by atoms with Crippen molar-refractivity contribution < 1.29 is 9.53 Å². The number of carbonyl (C=O) groups is 1. The summed E-state index contributed by atoms with van der Waals surface area (Å²) >= 11 is 0. The van der Waals surface area contributed by atoms with Gasteiger partial charge < -0.3 is 19.9 Å². The van der Waals surface area contributed by atoms with Gasteiger partial charge >= 0.3 is 0 Å². The number of benzene rings is 2. The third-order valence-electron chi connectivity index (χ3n) is 6.39. The summed E-state index contributed by atoms with van der Waals surface area (Å²) in [7, 11) is 1.64. The average molecular weight is 430 g/mol. The van der Waals surface area contributed by atoms with Crippen LogP contribution in [0.3, 0.4) is 0 Å². The number of nitrogens with zero attached hydrogens (tertiary/aromatic N) is 4. The summed E-state index contributed by atoms with van der Waals surface area (Å²) in [5.74, 6) is 1.41. The first kappa shape index (κ1) is 20.3. The Morgan fingerprint density at radius 3 is 2.19 bits per heavy atom. The van der Waals surface area contributed by atoms with Crippen molar-refractivity contribution in [3.05, 3.63) is 72.6 Å². The first-order valence-electron chi connectivity index (χ1n) is 11.0. The van der Waals surface area contributed by atoms with Crippen LogP contribution in [0.4, 0.5) is 17.3 Å². The predicted octanol–water partition coefficient (Wildman–Crippen LogP) is 3.48. The Bertz CT molecular complexity index is 1080. The standard InChI is InChI=1S/C25H27N5O2/c1-32-22-10-6-5-9-21(22)25(11-12-25)23(31)28-19-17-26-24(27-18-19)30-15-13-29(14-16-30)20-7-3-2-4-8-20/h2-10,17-18H,11-16H2,1H3,(H,28,31). The van der Waals surface area contributed by atoms with E-state index < -0.39 is 5.41 Å². The number of aromatic nitrogens is 2. The quantitative estimate of drug-likeness (QED) is 0.647. The fourth-order valence-electron chi connectivity index (χ4n) is 4.39. The van der Waals surface area contributed by atoms with Gasteiger partial charge in [0.05, 0.1) is 30.6 Å². The molecule has 5 rings (SSSR count). The van der Waals surface area contributed by atoms with E-state index >= 15 is 0 Å². The van der Waals surface area contributed by atoms with Crippen LogP contribution in [-0.2, 0) is 10.2 Å². The van der Waals surface area contributed by atoms with Gasteiger partial charge in [-0.1, -0.05) is 36.4 Å². The molecule has 1 N–H and O–H groups in total. The Balaban J connectivity index is 1.22. The zero-order chi connectivity index (χ0) is 22.0. The van der Waals surface area contributed by atoms with E-state index in [-0.39, 0.29) is 5.91 Å². The van der Waals surface area contributed by atoms with E-state index in [4.69, 9.17) is 4.74 Å². The molecule has 3 aromatic rings. The minimum absolute atomic E-state index is 0.0326. The number of anilines is 3. The molecular weight excluding hydrogens is 402 g/mol. The average Bonchev–Trinajstić information content (AvgIpc) is 3.67. The third-order valence-corrected chi connectivity index (χ3v) is 6.39. The lowest BCUT2D eigenvalue weighted by atomic mass is 9.94. The molecule has 0 spiro atoms. The van der Waals surface area contributed by atoms with Gasteiger partial charge in [0.25, 0.3) is 0 Å². The molecule has 164 valence electrons. The summed E-state index contributed by atoms with van der Waals surface area (Å²) in [4.78, 5) is 26.7. The van der Waals surface area contributed by atoms with Gasteiger partial charge in [-0.3, -0.25) is 4.79 Å². The van der Waals surface area contributed by atoms with Crippen molar-refractivity contribution in [1.82, 2.24) is 9.97 Å². The molecule has 7 nitrogen and oxygen atoms in total. The number of carbonyl (C=O) groups excluding carboxylic acids is 1. The Morgan fingerprint density at radius 1 is 0.906 bits per heavy atom. The Kier molecular flexibility index (Phi) is 5.39. The maximum absolute atomic E-state index is 13.1. The van der Waals surface area contributed by atoms with Crippen LogP contribution in [0.2, 0.25) is 0 Å². The lowest BCUT2D eigenvalue weighted by Crippen LogP contribution is -2.47. The number of methoxy groups -OCH3 is 1.